The predicted octanol–water partition coefficient (Wildman–Crippen LogP) is -0.209. The molecule has 3 N–H and O–H groups in total. The lowest BCUT2D eigenvalue weighted by Crippen LogP contribution is -2.42. The van der Waals surface area contributed by atoms with Crippen LogP contribution in [0.1, 0.15) is 12.8 Å². The van der Waals surface area contributed by atoms with E-state index in [9.17, 15) is 4.79 Å². The van der Waals surface area contributed by atoms with Crippen LogP contribution in [0.4, 0.5) is 0 Å². The third-order valence-corrected chi connectivity index (χ3v) is 2.07. The number of piperidine rings is 1. The fraction of sp³-hybridized carbons (Fsp3) is 0.714. The summed E-state index contributed by atoms with van der Waals surface area (Å²) in [7, 11) is 0. The van der Waals surface area contributed by atoms with Gasteiger partial charge in [-0.1, -0.05) is 0 Å². The van der Waals surface area contributed by atoms with Crippen LogP contribution in [0.5, 0.6) is 0 Å². The maximum Gasteiger partial charge on any atom is 0.188 e. The number of nitrogens with two attached hydrogens (primary N) is 1. The molecule has 0 saturated carbocycles. The van der Waals surface area contributed by atoms with Gasteiger partial charge in [-0.3, -0.25) is 5.41 Å². The van der Waals surface area contributed by atoms with Crippen LogP contribution in [0, 0.1) is 11.3 Å². The van der Waals surface area contributed by atoms with Crippen LogP contribution in [-0.2, 0) is 4.79 Å². The highest BCUT2D eigenvalue weighted by Gasteiger charge is 2.18. The Kier molecular flexibility index (Phi) is 2.46. The standard InChI is InChI=1S/C7H13N3O/c8-7(9)10-3-1-6(5-11)2-4-10/h5-6H,1-4H2,(H3,8,9). The summed E-state index contributed by atoms with van der Waals surface area (Å²) in [4.78, 5) is 12.1. The minimum atomic E-state index is 0.120. The molecule has 4 nitrogen and oxygen atoms in total. The SMILES string of the molecule is N=C(N)N1CCC(C=O)CC1. The van der Waals surface area contributed by atoms with Crippen molar-refractivity contribution < 1.29 is 4.79 Å². The Balaban J connectivity index is 2.35. The van der Waals surface area contributed by atoms with Gasteiger partial charge in [0.15, 0.2) is 5.96 Å². The van der Waals surface area contributed by atoms with E-state index in [0.29, 0.717) is 0 Å². The van der Waals surface area contributed by atoms with Crippen molar-refractivity contribution in [1.29, 1.82) is 5.41 Å². The Morgan fingerprint density at radius 2 is 2.09 bits per heavy atom. The molecule has 0 aromatic carbocycles. The highest BCUT2D eigenvalue weighted by molar-refractivity contribution is 5.74. The van der Waals surface area contributed by atoms with Crippen molar-refractivity contribution in [2.45, 2.75) is 12.8 Å². The molecule has 1 aliphatic rings. The Bertz CT molecular complexity index is 161. The van der Waals surface area contributed by atoms with Crippen LogP contribution in [-0.4, -0.2) is 30.2 Å². The van der Waals surface area contributed by atoms with Crippen molar-refractivity contribution in [3.05, 3.63) is 0 Å². The van der Waals surface area contributed by atoms with E-state index in [2.05, 4.69) is 0 Å². The molecule has 0 radical (unpaired) electrons. The molecule has 11 heavy (non-hydrogen) atoms. The monoisotopic (exact) mass is 155 g/mol. The zero-order valence-corrected chi connectivity index (χ0v) is 6.42. The van der Waals surface area contributed by atoms with E-state index in [1.807, 2.05) is 0 Å². The highest BCUT2D eigenvalue weighted by Crippen LogP contribution is 2.13. The van der Waals surface area contributed by atoms with Crippen molar-refractivity contribution in [1.82, 2.24) is 4.90 Å². The smallest absolute Gasteiger partial charge is 0.188 e. The number of aldehydes is 1. The summed E-state index contributed by atoms with van der Waals surface area (Å²) in [6.07, 6.45) is 2.67. The second-order valence-corrected chi connectivity index (χ2v) is 2.85. The van der Waals surface area contributed by atoms with E-state index in [0.717, 1.165) is 32.2 Å². The van der Waals surface area contributed by atoms with Gasteiger partial charge in [-0.15, -0.1) is 0 Å². The van der Waals surface area contributed by atoms with Gasteiger partial charge in [0.05, 0.1) is 0 Å². The van der Waals surface area contributed by atoms with Crippen LogP contribution < -0.4 is 5.73 Å². The number of rotatable bonds is 1. The number of nitrogens with zero attached hydrogens (tertiary/aromatic N) is 1. The molecule has 1 heterocycles. The van der Waals surface area contributed by atoms with Crippen molar-refractivity contribution in [2.75, 3.05) is 13.1 Å². The molecule has 1 fully saturated rings. The number of likely N-dealkylation sites (tertiary alicyclic amines) is 1. The van der Waals surface area contributed by atoms with E-state index in [4.69, 9.17) is 11.1 Å². The average molecular weight is 155 g/mol. The zero-order valence-electron chi connectivity index (χ0n) is 6.42. The molecular formula is C7H13N3O. The number of guanidine groups is 1. The molecule has 0 amide bonds. The Hall–Kier alpha value is -1.06. The van der Waals surface area contributed by atoms with Crippen molar-refractivity contribution in [3.8, 4) is 0 Å². The third kappa shape index (κ3) is 1.93. The predicted molar refractivity (Wildman–Crippen MR) is 42.3 cm³/mol. The summed E-state index contributed by atoms with van der Waals surface area (Å²) in [6.45, 7) is 1.50. The lowest BCUT2D eigenvalue weighted by atomic mass is 9.99. The summed E-state index contributed by atoms with van der Waals surface area (Å²) in [5.74, 6) is 0.306. The van der Waals surface area contributed by atoms with Gasteiger partial charge in [-0.25, -0.2) is 0 Å². The molecule has 0 spiro atoms. The van der Waals surface area contributed by atoms with Crippen LogP contribution in [0.25, 0.3) is 0 Å². The van der Waals surface area contributed by atoms with E-state index in [1.165, 1.54) is 0 Å². The Labute approximate surface area is 65.9 Å². The Morgan fingerprint density at radius 1 is 1.55 bits per heavy atom. The number of hydrogen-bond donors (Lipinski definition) is 2. The van der Waals surface area contributed by atoms with Crippen molar-refractivity contribution in [2.24, 2.45) is 11.7 Å². The van der Waals surface area contributed by atoms with Gasteiger partial charge in [0, 0.05) is 19.0 Å². The van der Waals surface area contributed by atoms with Gasteiger partial charge in [0.1, 0.15) is 6.29 Å². The van der Waals surface area contributed by atoms with Gasteiger partial charge in [0.25, 0.3) is 0 Å². The molecule has 1 rings (SSSR count). The normalized spacial score (nSPS) is 19.8. The number of carbonyl (C=O) groups is 1. The summed E-state index contributed by atoms with van der Waals surface area (Å²) in [5.41, 5.74) is 5.27. The molecule has 0 aliphatic carbocycles. The van der Waals surface area contributed by atoms with Crippen molar-refractivity contribution in [3.63, 3.8) is 0 Å². The van der Waals surface area contributed by atoms with E-state index in [1.54, 1.807) is 4.90 Å². The molecule has 0 aromatic heterocycles. The summed E-state index contributed by atoms with van der Waals surface area (Å²) in [6, 6.07) is 0. The Morgan fingerprint density at radius 3 is 2.45 bits per heavy atom. The molecule has 0 bridgehead atoms. The van der Waals surface area contributed by atoms with Gasteiger partial charge < -0.3 is 15.4 Å². The molecule has 4 heteroatoms. The van der Waals surface area contributed by atoms with Gasteiger partial charge in [0.2, 0.25) is 0 Å². The van der Waals surface area contributed by atoms with Crippen LogP contribution in [0.2, 0.25) is 0 Å². The molecule has 0 unspecified atom stereocenters. The second-order valence-electron chi connectivity index (χ2n) is 2.85. The lowest BCUT2D eigenvalue weighted by molar-refractivity contribution is -0.112. The summed E-state index contributed by atoms with van der Waals surface area (Å²) in [5, 5.41) is 7.13. The van der Waals surface area contributed by atoms with E-state index >= 15 is 0 Å². The average Bonchev–Trinajstić information content (AvgIpc) is 2.05. The summed E-state index contributed by atoms with van der Waals surface area (Å²) < 4.78 is 0. The highest BCUT2D eigenvalue weighted by atomic mass is 16.1. The maximum atomic E-state index is 10.3. The van der Waals surface area contributed by atoms with Crippen LogP contribution >= 0.6 is 0 Å². The quantitative estimate of drug-likeness (QED) is 0.313. The number of hydrogen-bond acceptors (Lipinski definition) is 2. The third-order valence-electron chi connectivity index (χ3n) is 2.07. The molecule has 1 saturated heterocycles. The zero-order chi connectivity index (χ0) is 8.27. The minimum absolute atomic E-state index is 0.120. The van der Waals surface area contributed by atoms with Gasteiger partial charge in [-0.2, -0.15) is 0 Å². The second kappa shape index (κ2) is 3.37. The fourth-order valence-corrected chi connectivity index (χ4v) is 1.28. The summed E-state index contributed by atoms with van der Waals surface area (Å²) >= 11 is 0. The van der Waals surface area contributed by atoms with Gasteiger partial charge >= 0.3 is 0 Å². The van der Waals surface area contributed by atoms with Crippen LogP contribution in [0.15, 0.2) is 0 Å². The van der Waals surface area contributed by atoms with E-state index < -0.39 is 0 Å². The molecule has 62 valence electrons. The number of carbonyl (C=O) groups excluding carboxylic acids is 1. The van der Waals surface area contributed by atoms with E-state index in [-0.39, 0.29) is 11.9 Å². The first-order valence-electron chi connectivity index (χ1n) is 3.78. The lowest BCUT2D eigenvalue weighted by Gasteiger charge is -2.29. The first-order valence-corrected chi connectivity index (χ1v) is 3.78. The number of nitrogens with one attached hydrogen (secondary N) is 1. The molecule has 0 atom stereocenters. The molecule has 0 aromatic rings. The maximum absolute atomic E-state index is 10.3. The fourth-order valence-electron chi connectivity index (χ4n) is 1.28. The first kappa shape index (κ1) is 8.04. The minimum Gasteiger partial charge on any atom is -0.370 e. The van der Waals surface area contributed by atoms with Crippen molar-refractivity contribution >= 4 is 12.2 Å². The van der Waals surface area contributed by atoms with Crippen LogP contribution in [0.3, 0.4) is 0 Å². The van der Waals surface area contributed by atoms with Gasteiger partial charge in [-0.05, 0) is 12.8 Å². The molecular weight excluding hydrogens is 142 g/mol. The first-order chi connectivity index (χ1) is 5.24. The topological polar surface area (TPSA) is 70.2 Å². The largest absolute Gasteiger partial charge is 0.370 e. The molecule has 1 aliphatic heterocycles.